The van der Waals surface area contributed by atoms with Crippen LogP contribution in [-0.2, 0) is 16.1 Å². The number of methoxy groups -OCH3 is 1. The third kappa shape index (κ3) is 2.65. The van der Waals surface area contributed by atoms with Gasteiger partial charge in [0, 0.05) is 24.3 Å². The van der Waals surface area contributed by atoms with Crippen LogP contribution in [-0.4, -0.2) is 24.1 Å². The largest absolute Gasteiger partial charge is 0.468 e. The van der Waals surface area contributed by atoms with E-state index >= 15 is 0 Å². The van der Waals surface area contributed by atoms with Gasteiger partial charge in [0.2, 0.25) is 0 Å². The normalized spacial score (nSPS) is 12.3. The summed E-state index contributed by atoms with van der Waals surface area (Å²) in [5, 5.41) is 5.40. The predicted molar refractivity (Wildman–Crippen MR) is 70.1 cm³/mol. The zero-order valence-electron chi connectivity index (χ0n) is 10.5. The van der Waals surface area contributed by atoms with E-state index in [-0.39, 0.29) is 12.0 Å². The summed E-state index contributed by atoms with van der Waals surface area (Å²) >= 11 is 0. The summed E-state index contributed by atoms with van der Waals surface area (Å²) in [7, 11) is 1.39. The Morgan fingerprint density at radius 2 is 2.28 bits per heavy atom. The van der Waals surface area contributed by atoms with Gasteiger partial charge in [-0.15, -0.1) is 0 Å². The first-order chi connectivity index (χ1) is 8.72. The summed E-state index contributed by atoms with van der Waals surface area (Å²) in [6, 6.07) is 7.72. The van der Waals surface area contributed by atoms with Crippen molar-refractivity contribution in [3.05, 3.63) is 42.2 Å². The second-order valence-electron chi connectivity index (χ2n) is 4.14. The maximum atomic E-state index is 11.3. The second kappa shape index (κ2) is 5.60. The van der Waals surface area contributed by atoms with Crippen LogP contribution in [0.4, 0.5) is 0 Å². The van der Waals surface area contributed by atoms with E-state index in [4.69, 9.17) is 0 Å². The molecule has 0 aliphatic carbocycles. The van der Waals surface area contributed by atoms with Crippen molar-refractivity contribution in [3.8, 4) is 0 Å². The molecule has 0 amide bonds. The highest BCUT2D eigenvalue weighted by Crippen LogP contribution is 2.17. The van der Waals surface area contributed by atoms with Crippen molar-refractivity contribution in [1.82, 2.24) is 10.3 Å². The van der Waals surface area contributed by atoms with Crippen LogP contribution in [0.3, 0.4) is 0 Å². The first-order valence-electron chi connectivity index (χ1n) is 5.85. The van der Waals surface area contributed by atoms with Crippen LogP contribution in [0.5, 0.6) is 0 Å². The molecule has 1 heterocycles. The van der Waals surface area contributed by atoms with E-state index in [1.807, 2.05) is 30.5 Å². The molecule has 1 atom stereocenters. The number of nitrogens with zero attached hydrogens (tertiary/aromatic N) is 1. The third-order valence-corrected chi connectivity index (χ3v) is 2.92. The molecule has 1 aromatic heterocycles. The first kappa shape index (κ1) is 12.5. The van der Waals surface area contributed by atoms with Crippen molar-refractivity contribution in [2.45, 2.75) is 19.5 Å². The van der Waals surface area contributed by atoms with Crippen molar-refractivity contribution >= 4 is 16.7 Å². The Morgan fingerprint density at radius 1 is 1.44 bits per heavy atom. The molecule has 0 saturated carbocycles. The predicted octanol–water partition coefficient (Wildman–Crippen LogP) is 1.89. The highest BCUT2D eigenvalue weighted by molar-refractivity contribution is 5.84. The van der Waals surface area contributed by atoms with Crippen LogP contribution in [0.2, 0.25) is 0 Å². The van der Waals surface area contributed by atoms with E-state index in [1.54, 1.807) is 13.1 Å². The van der Waals surface area contributed by atoms with Gasteiger partial charge in [0.15, 0.2) is 0 Å². The summed E-state index contributed by atoms with van der Waals surface area (Å²) in [5.41, 5.74) is 1.14. The van der Waals surface area contributed by atoms with E-state index in [9.17, 15) is 4.79 Å². The number of benzene rings is 1. The molecule has 4 heteroatoms. The maximum Gasteiger partial charge on any atom is 0.322 e. The van der Waals surface area contributed by atoms with E-state index in [1.165, 1.54) is 7.11 Å². The number of carbonyl (C=O) groups excluding carboxylic acids is 1. The molecule has 1 N–H and O–H groups in total. The van der Waals surface area contributed by atoms with Gasteiger partial charge in [-0.1, -0.05) is 18.2 Å². The lowest BCUT2D eigenvalue weighted by atomic mass is 10.1. The maximum absolute atomic E-state index is 11.3. The summed E-state index contributed by atoms with van der Waals surface area (Å²) in [4.78, 5) is 15.4. The van der Waals surface area contributed by atoms with Crippen molar-refractivity contribution in [3.63, 3.8) is 0 Å². The first-order valence-corrected chi connectivity index (χ1v) is 5.85. The molecular weight excluding hydrogens is 228 g/mol. The Bertz CT molecular complexity index is 549. The second-order valence-corrected chi connectivity index (χ2v) is 4.14. The fourth-order valence-electron chi connectivity index (χ4n) is 1.87. The van der Waals surface area contributed by atoms with Gasteiger partial charge < -0.3 is 10.1 Å². The van der Waals surface area contributed by atoms with Crippen LogP contribution < -0.4 is 5.32 Å². The average molecular weight is 244 g/mol. The van der Waals surface area contributed by atoms with Crippen LogP contribution >= 0.6 is 0 Å². The van der Waals surface area contributed by atoms with Gasteiger partial charge in [-0.05, 0) is 23.9 Å². The molecule has 1 unspecified atom stereocenters. The third-order valence-electron chi connectivity index (χ3n) is 2.92. The molecule has 2 aromatic rings. The number of ether oxygens (including phenoxy) is 1. The SMILES string of the molecule is COC(=O)C(C)NCc1cccc2cnccc12. The molecule has 94 valence electrons. The molecule has 0 fully saturated rings. The fraction of sp³-hybridized carbons (Fsp3) is 0.286. The van der Waals surface area contributed by atoms with Crippen LogP contribution in [0.1, 0.15) is 12.5 Å². The summed E-state index contributed by atoms with van der Waals surface area (Å²) < 4.78 is 4.68. The summed E-state index contributed by atoms with van der Waals surface area (Å²) in [6.07, 6.45) is 3.61. The topological polar surface area (TPSA) is 51.2 Å². The minimum Gasteiger partial charge on any atom is -0.468 e. The number of nitrogens with one attached hydrogen (secondary N) is 1. The van der Waals surface area contributed by atoms with E-state index < -0.39 is 0 Å². The lowest BCUT2D eigenvalue weighted by molar-refractivity contribution is -0.142. The van der Waals surface area contributed by atoms with E-state index in [0.29, 0.717) is 6.54 Å². The van der Waals surface area contributed by atoms with Gasteiger partial charge in [0.1, 0.15) is 6.04 Å². The van der Waals surface area contributed by atoms with Gasteiger partial charge in [-0.25, -0.2) is 0 Å². The zero-order chi connectivity index (χ0) is 13.0. The monoisotopic (exact) mass is 244 g/mol. The standard InChI is InChI=1S/C14H16N2O2/c1-10(14(17)18-2)16-9-12-5-3-4-11-8-15-7-6-13(11)12/h3-8,10,16H,9H2,1-2H3. The van der Waals surface area contributed by atoms with Crippen molar-refractivity contribution in [2.24, 2.45) is 0 Å². The average Bonchev–Trinajstić information content (AvgIpc) is 2.43. The Morgan fingerprint density at radius 3 is 3.06 bits per heavy atom. The lowest BCUT2D eigenvalue weighted by Crippen LogP contribution is -2.34. The molecule has 0 saturated heterocycles. The molecule has 2 rings (SSSR count). The van der Waals surface area contributed by atoms with Crippen molar-refractivity contribution in [2.75, 3.05) is 7.11 Å². The van der Waals surface area contributed by atoms with Crippen molar-refractivity contribution < 1.29 is 9.53 Å². The number of hydrogen-bond donors (Lipinski definition) is 1. The van der Waals surface area contributed by atoms with Crippen molar-refractivity contribution in [1.29, 1.82) is 0 Å². The number of esters is 1. The number of hydrogen-bond acceptors (Lipinski definition) is 4. The summed E-state index contributed by atoms with van der Waals surface area (Å²) in [5.74, 6) is -0.253. The lowest BCUT2D eigenvalue weighted by Gasteiger charge is -2.12. The fourth-order valence-corrected chi connectivity index (χ4v) is 1.87. The Hall–Kier alpha value is -1.94. The molecule has 1 aromatic carbocycles. The molecule has 0 aliphatic rings. The zero-order valence-corrected chi connectivity index (χ0v) is 10.5. The Labute approximate surface area is 106 Å². The number of carbonyl (C=O) groups is 1. The van der Waals surface area contributed by atoms with Gasteiger partial charge in [0.05, 0.1) is 7.11 Å². The molecule has 4 nitrogen and oxygen atoms in total. The van der Waals surface area contributed by atoms with E-state index in [0.717, 1.165) is 16.3 Å². The number of rotatable bonds is 4. The smallest absolute Gasteiger partial charge is 0.322 e. The van der Waals surface area contributed by atoms with Crippen LogP contribution in [0.25, 0.3) is 10.8 Å². The number of aromatic nitrogens is 1. The Kier molecular flexibility index (Phi) is 3.89. The van der Waals surface area contributed by atoms with E-state index in [2.05, 4.69) is 15.0 Å². The van der Waals surface area contributed by atoms with Gasteiger partial charge in [-0.2, -0.15) is 0 Å². The molecular formula is C14H16N2O2. The highest BCUT2D eigenvalue weighted by Gasteiger charge is 2.12. The minimum absolute atomic E-state index is 0.253. The molecule has 0 spiro atoms. The number of pyridine rings is 1. The number of fused-ring (bicyclic) bond motifs is 1. The molecule has 18 heavy (non-hydrogen) atoms. The minimum atomic E-state index is -0.313. The summed E-state index contributed by atoms with van der Waals surface area (Å²) in [6.45, 7) is 2.41. The van der Waals surface area contributed by atoms with Crippen LogP contribution in [0, 0.1) is 0 Å². The quantitative estimate of drug-likeness (QED) is 0.834. The highest BCUT2D eigenvalue weighted by atomic mass is 16.5. The van der Waals surface area contributed by atoms with Gasteiger partial charge in [-0.3, -0.25) is 9.78 Å². The van der Waals surface area contributed by atoms with Gasteiger partial charge in [0.25, 0.3) is 0 Å². The Balaban J connectivity index is 2.15. The van der Waals surface area contributed by atoms with Gasteiger partial charge >= 0.3 is 5.97 Å². The van der Waals surface area contributed by atoms with Crippen LogP contribution in [0.15, 0.2) is 36.7 Å². The molecule has 0 bridgehead atoms. The molecule has 0 aliphatic heterocycles. The molecule has 0 radical (unpaired) electrons.